The average Bonchev–Trinajstić information content (AvgIpc) is 2.68. The first kappa shape index (κ1) is 17.6. The zero-order valence-electron chi connectivity index (χ0n) is 14.4. The van der Waals surface area contributed by atoms with Crippen molar-refractivity contribution in [2.75, 3.05) is 37.7 Å². The average molecular weight is 357 g/mol. The summed E-state index contributed by atoms with van der Waals surface area (Å²) >= 11 is 0. The van der Waals surface area contributed by atoms with E-state index in [1.165, 1.54) is 12.1 Å². The number of nitro benzene ring substituents is 1. The maximum Gasteiger partial charge on any atom is 0.311 e. The molecule has 1 amide bonds. The van der Waals surface area contributed by atoms with Crippen LogP contribution in [0, 0.1) is 10.1 Å². The van der Waals surface area contributed by atoms with Gasteiger partial charge in [-0.25, -0.2) is 9.97 Å². The Labute approximate surface area is 150 Å². The number of hydrogen-bond donors (Lipinski definition) is 0. The molecule has 1 fully saturated rings. The highest BCUT2D eigenvalue weighted by Crippen LogP contribution is 2.28. The van der Waals surface area contributed by atoms with Crippen molar-refractivity contribution in [3.8, 4) is 5.75 Å². The number of carbonyl (C=O) groups is 1. The minimum atomic E-state index is -0.535. The van der Waals surface area contributed by atoms with E-state index >= 15 is 0 Å². The van der Waals surface area contributed by atoms with Gasteiger partial charge in [-0.15, -0.1) is 0 Å². The van der Waals surface area contributed by atoms with Crippen molar-refractivity contribution < 1.29 is 14.5 Å². The van der Waals surface area contributed by atoms with Crippen LogP contribution >= 0.6 is 0 Å². The Morgan fingerprint density at radius 3 is 2.54 bits per heavy atom. The van der Waals surface area contributed by atoms with Crippen molar-refractivity contribution in [3.63, 3.8) is 0 Å². The van der Waals surface area contributed by atoms with Crippen LogP contribution in [0.2, 0.25) is 0 Å². The predicted molar refractivity (Wildman–Crippen MR) is 94.4 cm³/mol. The number of aromatic nitrogens is 2. The van der Waals surface area contributed by atoms with Gasteiger partial charge in [-0.3, -0.25) is 14.9 Å². The normalized spacial score (nSPS) is 14.2. The van der Waals surface area contributed by atoms with Gasteiger partial charge in [0.2, 0.25) is 5.95 Å². The minimum absolute atomic E-state index is 0.167. The van der Waals surface area contributed by atoms with Crippen LogP contribution in [-0.4, -0.2) is 58.5 Å². The van der Waals surface area contributed by atoms with E-state index in [1.54, 1.807) is 36.4 Å². The van der Waals surface area contributed by atoms with Gasteiger partial charge >= 0.3 is 5.69 Å². The van der Waals surface area contributed by atoms with Crippen molar-refractivity contribution in [2.45, 2.75) is 6.92 Å². The molecule has 1 aromatic carbocycles. The maximum atomic E-state index is 12.7. The monoisotopic (exact) mass is 357 g/mol. The fraction of sp³-hybridized carbons (Fsp3) is 0.353. The molecule has 0 aliphatic carbocycles. The lowest BCUT2D eigenvalue weighted by molar-refractivity contribution is -0.385. The van der Waals surface area contributed by atoms with Gasteiger partial charge in [0.05, 0.1) is 11.5 Å². The molecule has 1 saturated heterocycles. The van der Waals surface area contributed by atoms with E-state index in [4.69, 9.17) is 4.74 Å². The van der Waals surface area contributed by atoms with Crippen LogP contribution in [0.25, 0.3) is 0 Å². The molecule has 3 rings (SSSR count). The molecule has 136 valence electrons. The Bertz CT molecular complexity index is 791. The SMILES string of the molecule is CCOc1ccc(C(=O)N2CCN(c3ncccn3)CC2)cc1[N+](=O)[O-]. The second-order valence-corrected chi connectivity index (χ2v) is 5.70. The summed E-state index contributed by atoms with van der Waals surface area (Å²) in [6.07, 6.45) is 3.36. The zero-order valence-corrected chi connectivity index (χ0v) is 14.4. The molecule has 0 N–H and O–H groups in total. The Hall–Kier alpha value is -3.23. The number of benzene rings is 1. The molecule has 0 saturated carbocycles. The van der Waals surface area contributed by atoms with Crippen LogP contribution < -0.4 is 9.64 Å². The van der Waals surface area contributed by atoms with E-state index in [0.29, 0.717) is 38.7 Å². The molecule has 2 aromatic rings. The number of nitro groups is 1. The quantitative estimate of drug-likeness (QED) is 0.593. The third kappa shape index (κ3) is 3.71. The third-order valence-corrected chi connectivity index (χ3v) is 4.10. The highest BCUT2D eigenvalue weighted by Gasteiger charge is 2.25. The molecule has 0 unspecified atom stereocenters. The number of nitrogens with zero attached hydrogens (tertiary/aromatic N) is 5. The molecule has 1 aliphatic heterocycles. The molecule has 2 heterocycles. The maximum absolute atomic E-state index is 12.7. The summed E-state index contributed by atoms with van der Waals surface area (Å²) < 4.78 is 5.25. The largest absolute Gasteiger partial charge is 0.487 e. The van der Waals surface area contributed by atoms with Crippen molar-refractivity contribution >= 4 is 17.5 Å². The van der Waals surface area contributed by atoms with Crippen molar-refractivity contribution in [2.24, 2.45) is 0 Å². The lowest BCUT2D eigenvalue weighted by Crippen LogP contribution is -2.49. The molecule has 9 nitrogen and oxygen atoms in total. The van der Waals surface area contributed by atoms with Gasteiger partial charge in [-0.2, -0.15) is 0 Å². The second kappa shape index (κ2) is 7.77. The topological polar surface area (TPSA) is 102 Å². The smallest absolute Gasteiger partial charge is 0.311 e. The van der Waals surface area contributed by atoms with Crippen LogP contribution in [0.15, 0.2) is 36.7 Å². The predicted octanol–water partition coefficient (Wildman–Crippen LogP) is 1.75. The van der Waals surface area contributed by atoms with E-state index in [-0.39, 0.29) is 22.9 Å². The Balaban J connectivity index is 1.70. The highest BCUT2D eigenvalue weighted by atomic mass is 16.6. The van der Waals surface area contributed by atoms with Gasteiger partial charge in [0.15, 0.2) is 5.75 Å². The number of rotatable bonds is 5. The van der Waals surface area contributed by atoms with Crippen LogP contribution in [0.3, 0.4) is 0 Å². The van der Waals surface area contributed by atoms with E-state index < -0.39 is 4.92 Å². The number of amides is 1. The summed E-state index contributed by atoms with van der Waals surface area (Å²) in [6, 6.07) is 6.07. The van der Waals surface area contributed by atoms with Gasteiger partial charge in [-0.05, 0) is 25.1 Å². The molecule has 26 heavy (non-hydrogen) atoms. The molecular formula is C17H19N5O4. The summed E-state index contributed by atoms with van der Waals surface area (Å²) in [5, 5.41) is 11.2. The summed E-state index contributed by atoms with van der Waals surface area (Å²) in [7, 11) is 0. The van der Waals surface area contributed by atoms with Crippen LogP contribution in [0.1, 0.15) is 17.3 Å². The van der Waals surface area contributed by atoms with E-state index in [0.717, 1.165) is 0 Å². The first-order valence-corrected chi connectivity index (χ1v) is 8.32. The molecule has 1 aromatic heterocycles. The summed E-state index contributed by atoms with van der Waals surface area (Å²) in [5.41, 5.74) is 0.0820. The van der Waals surface area contributed by atoms with Crippen LogP contribution in [0.5, 0.6) is 5.75 Å². The Morgan fingerprint density at radius 1 is 1.23 bits per heavy atom. The van der Waals surface area contributed by atoms with Gasteiger partial charge in [0.1, 0.15) is 0 Å². The zero-order chi connectivity index (χ0) is 18.5. The van der Waals surface area contributed by atoms with E-state index in [1.807, 2.05) is 4.90 Å². The van der Waals surface area contributed by atoms with Gasteiger partial charge in [0, 0.05) is 50.2 Å². The fourth-order valence-corrected chi connectivity index (χ4v) is 2.82. The number of ether oxygens (including phenoxy) is 1. The molecular weight excluding hydrogens is 338 g/mol. The van der Waals surface area contributed by atoms with E-state index in [9.17, 15) is 14.9 Å². The molecule has 1 aliphatic rings. The number of anilines is 1. The number of piperazine rings is 1. The van der Waals surface area contributed by atoms with Crippen molar-refractivity contribution in [1.82, 2.24) is 14.9 Å². The van der Waals surface area contributed by atoms with Gasteiger partial charge in [0.25, 0.3) is 5.91 Å². The van der Waals surface area contributed by atoms with Gasteiger partial charge in [-0.1, -0.05) is 0 Å². The minimum Gasteiger partial charge on any atom is -0.487 e. The van der Waals surface area contributed by atoms with Crippen LogP contribution in [0.4, 0.5) is 11.6 Å². The number of hydrogen-bond acceptors (Lipinski definition) is 7. The molecule has 9 heteroatoms. The first-order chi connectivity index (χ1) is 12.6. The molecule has 0 radical (unpaired) electrons. The van der Waals surface area contributed by atoms with Crippen molar-refractivity contribution in [3.05, 3.63) is 52.3 Å². The summed E-state index contributed by atoms with van der Waals surface area (Å²) in [6.45, 7) is 4.27. The second-order valence-electron chi connectivity index (χ2n) is 5.70. The lowest BCUT2D eigenvalue weighted by Gasteiger charge is -2.34. The molecule has 0 atom stereocenters. The standard InChI is InChI=1S/C17H19N5O4/c1-2-26-15-5-4-13(12-14(15)22(24)25)16(23)20-8-10-21(11-9-20)17-18-6-3-7-19-17/h3-7,12H,2,8-11H2,1H3. The van der Waals surface area contributed by atoms with Crippen LogP contribution in [-0.2, 0) is 0 Å². The number of carbonyl (C=O) groups excluding carboxylic acids is 1. The fourth-order valence-electron chi connectivity index (χ4n) is 2.82. The third-order valence-electron chi connectivity index (χ3n) is 4.10. The summed E-state index contributed by atoms with van der Waals surface area (Å²) in [4.78, 5) is 35.5. The Kier molecular flexibility index (Phi) is 5.26. The molecule has 0 spiro atoms. The van der Waals surface area contributed by atoms with E-state index in [2.05, 4.69) is 9.97 Å². The lowest BCUT2D eigenvalue weighted by atomic mass is 10.1. The molecule has 0 bridgehead atoms. The Morgan fingerprint density at radius 2 is 1.92 bits per heavy atom. The van der Waals surface area contributed by atoms with Crippen molar-refractivity contribution in [1.29, 1.82) is 0 Å². The summed E-state index contributed by atoms with van der Waals surface area (Å²) in [5.74, 6) is 0.571. The van der Waals surface area contributed by atoms with Gasteiger partial charge < -0.3 is 14.5 Å². The highest BCUT2D eigenvalue weighted by molar-refractivity contribution is 5.95. The first-order valence-electron chi connectivity index (χ1n) is 8.32.